The normalized spacial score (nSPS) is 16.2. The van der Waals surface area contributed by atoms with E-state index in [4.69, 9.17) is 0 Å². The van der Waals surface area contributed by atoms with Gasteiger partial charge in [-0.15, -0.1) is 0 Å². The zero-order valence-corrected chi connectivity index (χ0v) is 14.5. The molecule has 1 aliphatic rings. The Morgan fingerprint density at radius 2 is 1.71 bits per heavy atom. The highest BCUT2D eigenvalue weighted by Gasteiger charge is 2.50. The molecule has 130 valence electrons. The predicted molar refractivity (Wildman–Crippen MR) is 92.6 cm³/mol. The number of nitrogens with zero attached hydrogens (tertiary/aromatic N) is 1. The molecule has 1 heterocycles. The summed E-state index contributed by atoms with van der Waals surface area (Å²) >= 11 is 0. The van der Waals surface area contributed by atoms with Crippen LogP contribution in [-0.2, 0) is 9.59 Å². The van der Waals surface area contributed by atoms with Crippen molar-refractivity contribution in [2.24, 2.45) is 0 Å². The van der Waals surface area contributed by atoms with Gasteiger partial charge in [-0.1, -0.05) is 44.4 Å². The highest BCUT2D eigenvalue weighted by Crippen LogP contribution is 2.28. The Hall–Kier alpha value is -2.37. The molecule has 0 radical (unpaired) electrons. The predicted octanol–water partition coefficient (Wildman–Crippen LogP) is 2.82. The van der Waals surface area contributed by atoms with Crippen LogP contribution in [0.4, 0.5) is 10.5 Å². The van der Waals surface area contributed by atoms with Crippen LogP contribution in [0, 0.1) is 6.92 Å². The van der Waals surface area contributed by atoms with E-state index < -0.39 is 11.6 Å². The number of aryl methyl sites for hydroxylation is 1. The molecule has 2 rings (SSSR count). The second kappa shape index (κ2) is 7.47. The van der Waals surface area contributed by atoms with Gasteiger partial charge in [0.05, 0.1) is 0 Å². The zero-order valence-electron chi connectivity index (χ0n) is 14.5. The molecular weight excluding hydrogens is 306 g/mol. The van der Waals surface area contributed by atoms with Crippen LogP contribution in [0.3, 0.4) is 0 Å². The standard InChI is InChI=1S/C18H25N3O3/c1-4-10-18(11-5-2)16(23)21(17(24)20-18)12-15(22)19-14-8-6-13(3)7-9-14/h6-9H,4-5,10-12H2,1-3H3,(H,19,22)(H,20,24). The topological polar surface area (TPSA) is 78.5 Å². The van der Waals surface area contributed by atoms with Crippen molar-refractivity contribution in [3.63, 3.8) is 0 Å². The van der Waals surface area contributed by atoms with E-state index in [9.17, 15) is 14.4 Å². The summed E-state index contributed by atoms with van der Waals surface area (Å²) in [7, 11) is 0. The molecule has 6 nitrogen and oxygen atoms in total. The molecule has 0 bridgehead atoms. The quantitative estimate of drug-likeness (QED) is 0.754. The van der Waals surface area contributed by atoms with Gasteiger partial charge in [0.1, 0.15) is 12.1 Å². The molecule has 4 amide bonds. The van der Waals surface area contributed by atoms with Crippen molar-refractivity contribution >= 4 is 23.5 Å². The van der Waals surface area contributed by atoms with E-state index in [0.29, 0.717) is 18.5 Å². The summed E-state index contributed by atoms with van der Waals surface area (Å²) < 4.78 is 0. The number of hydrogen-bond acceptors (Lipinski definition) is 3. The summed E-state index contributed by atoms with van der Waals surface area (Å²) in [5, 5.41) is 5.52. The number of carbonyl (C=O) groups excluding carboxylic acids is 3. The smallest absolute Gasteiger partial charge is 0.325 e. The number of benzene rings is 1. The summed E-state index contributed by atoms with van der Waals surface area (Å²) in [5.74, 6) is -0.679. The molecule has 0 aromatic heterocycles. The number of nitrogens with one attached hydrogen (secondary N) is 2. The Bertz CT molecular complexity index is 619. The molecular formula is C18H25N3O3. The molecule has 1 saturated heterocycles. The summed E-state index contributed by atoms with van der Waals surface area (Å²) in [4.78, 5) is 38.1. The lowest BCUT2D eigenvalue weighted by molar-refractivity contribution is -0.134. The lowest BCUT2D eigenvalue weighted by atomic mass is 9.88. The molecule has 0 unspecified atom stereocenters. The van der Waals surface area contributed by atoms with Crippen LogP contribution in [0.1, 0.15) is 45.1 Å². The Morgan fingerprint density at radius 1 is 1.12 bits per heavy atom. The average Bonchev–Trinajstić information content (AvgIpc) is 2.75. The second-order valence-corrected chi connectivity index (χ2v) is 6.32. The van der Waals surface area contributed by atoms with Crippen molar-refractivity contribution in [1.29, 1.82) is 0 Å². The maximum atomic E-state index is 12.7. The second-order valence-electron chi connectivity index (χ2n) is 6.32. The highest BCUT2D eigenvalue weighted by molar-refractivity contribution is 6.10. The largest absolute Gasteiger partial charge is 0.325 e. The third-order valence-corrected chi connectivity index (χ3v) is 4.24. The van der Waals surface area contributed by atoms with Gasteiger partial charge < -0.3 is 10.6 Å². The van der Waals surface area contributed by atoms with Gasteiger partial charge in [-0.3, -0.25) is 14.5 Å². The summed E-state index contributed by atoms with van der Waals surface area (Å²) in [6.45, 7) is 5.64. The maximum absolute atomic E-state index is 12.7. The molecule has 2 N–H and O–H groups in total. The number of amides is 4. The van der Waals surface area contributed by atoms with Crippen LogP contribution in [0.5, 0.6) is 0 Å². The number of anilines is 1. The van der Waals surface area contributed by atoms with Crippen molar-refractivity contribution in [2.45, 2.75) is 52.0 Å². The number of rotatable bonds is 7. The zero-order chi connectivity index (χ0) is 17.7. The van der Waals surface area contributed by atoms with Gasteiger partial charge in [-0.05, 0) is 31.9 Å². The minimum Gasteiger partial charge on any atom is -0.325 e. The minimum atomic E-state index is -0.856. The van der Waals surface area contributed by atoms with E-state index in [-0.39, 0.29) is 18.4 Å². The summed E-state index contributed by atoms with van der Waals surface area (Å²) in [6.07, 6.45) is 2.74. The Labute approximate surface area is 142 Å². The Kier molecular flexibility index (Phi) is 5.59. The first-order valence-electron chi connectivity index (χ1n) is 8.42. The van der Waals surface area contributed by atoms with Crippen LogP contribution in [0.25, 0.3) is 0 Å². The van der Waals surface area contributed by atoms with E-state index in [0.717, 1.165) is 23.3 Å². The molecule has 0 atom stereocenters. The first-order chi connectivity index (χ1) is 11.4. The van der Waals surface area contributed by atoms with Crippen molar-refractivity contribution < 1.29 is 14.4 Å². The van der Waals surface area contributed by atoms with Crippen molar-refractivity contribution in [3.8, 4) is 0 Å². The van der Waals surface area contributed by atoms with E-state index >= 15 is 0 Å². The molecule has 0 spiro atoms. The summed E-state index contributed by atoms with van der Waals surface area (Å²) in [5.41, 5.74) is 0.877. The molecule has 24 heavy (non-hydrogen) atoms. The molecule has 1 fully saturated rings. The van der Waals surface area contributed by atoms with E-state index in [2.05, 4.69) is 10.6 Å². The number of hydrogen-bond donors (Lipinski definition) is 2. The third kappa shape index (κ3) is 3.75. The van der Waals surface area contributed by atoms with Gasteiger partial charge >= 0.3 is 6.03 Å². The monoisotopic (exact) mass is 331 g/mol. The van der Waals surface area contributed by atoms with Crippen LogP contribution >= 0.6 is 0 Å². The maximum Gasteiger partial charge on any atom is 0.325 e. The van der Waals surface area contributed by atoms with Crippen molar-refractivity contribution in [1.82, 2.24) is 10.2 Å². The van der Waals surface area contributed by atoms with Crippen LogP contribution < -0.4 is 10.6 Å². The third-order valence-electron chi connectivity index (χ3n) is 4.24. The van der Waals surface area contributed by atoms with Crippen molar-refractivity contribution in [2.75, 3.05) is 11.9 Å². The average molecular weight is 331 g/mol. The van der Waals surface area contributed by atoms with Gasteiger partial charge in [-0.2, -0.15) is 0 Å². The van der Waals surface area contributed by atoms with Crippen LogP contribution in [0.2, 0.25) is 0 Å². The van der Waals surface area contributed by atoms with E-state index in [1.807, 2.05) is 32.9 Å². The molecule has 1 aromatic rings. The van der Waals surface area contributed by atoms with Gasteiger partial charge in [0.2, 0.25) is 5.91 Å². The van der Waals surface area contributed by atoms with E-state index in [1.165, 1.54) is 0 Å². The SMILES string of the molecule is CCCC1(CCC)NC(=O)N(CC(=O)Nc2ccc(C)cc2)C1=O. The fourth-order valence-electron chi connectivity index (χ4n) is 3.12. The molecule has 0 aliphatic carbocycles. The number of urea groups is 1. The van der Waals surface area contributed by atoms with Crippen LogP contribution in [0.15, 0.2) is 24.3 Å². The number of carbonyl (C=O) groups is 3. The van der Waals surface area contributed by atoms with Gasteiger partial charge in [0.25, 0.3) is 5.91 Å². The van der Waals surface area contributed by atoms with Gasteiger partial charge in [-0.25, -0.2) is 4.79 Å². The fraction of sp³-hybridized carbons (Fsp3) is 0.500. The van der Waals surface area contributed by atoms with E-state index in [1.54, 1.807) is 12.1 Å². The van der Waals surface area contributed by atoms with Gasteiger partial charge in [0, 0.05) is 5.69 Å². The lowest BCUT2D eigenvalue weighted by Gasteiger charge is -2.25. The number of imide groups is 1. The Morgan fingerprint density at radius 3 is 2.25 bits per heavy atom. The minimum absolute atomic E-state index is 0.270. The first-order valence-corrected chi connectivity index (χ1v) is 8.42. The van der Waals surface area contributed by atoms with Crippen LogP contribution in [-0.4, -0.2) is 34.8 Å². The molecule has 6 heteroatoms. The fourth-order valence-corrected chi connectivity index (χ4v) is 3.12. The lowest BCUT2D eigenvalue weighted by Crippen LogP contribution is -2.47. The molecule has 1 aliphatic heterocycles. The summed E-state index contributed by atoms with van der Waals surface area (Å²) in [6, 6.07) is 6.86. The van der Waals surface area contributed by atoms with Gasteiger partial charge in [0.15, 0.2) is 0 Å². The highest BCUT2D eigenvalue weighted by atomic mass is 16.2. The molecule has 1 aromatic carbocycles. The Balaban J connectivity index is 2.05. The molecule has 0 saturated carbocycles. The van der Waals surface area contributed by atoms with Crippen molar-refractivity contribution in [3.05, 3.63) is 29.8 Å². The first kappa shape index (κ1) is 18.0.